The van der Waals surface area contributed by atoms with Crippen LogP contribution in [-0.4, -0.2) is 19.6 Å². The van der Waals surface area contributed by atoms with E-state index in [1.54, 1.807) is 0 Å². The molecule has 0 bridgehead atoms. The third-order valence-electron chi connectivity index (χ3n) is 3.24. The van der Waals surface area contributed by atoms with Crippen molar-refractivity contribution in [2.24, 2.45) is 5.73 Å². The number of nitrogens with zero attached hydrogens (tertiary/aromatic N) is 1. The molecule has 17 heavy (non-hydrogen) atoms. The van der Waals surface area contributed by atoms with Crippen molar-refractivity contribution in [2.75, 3.05) is 24.5 Å². The van der Waals surface area contributed by atoms with Gasteiger partial charge in [0.05, 0.1) is 0 Å². The summed E-state index contributed by atoms with van der Waals surface area (Å²) in [6.07, 6.45) is 9.30. The summed E-state index contributed by atoms with van der Waals surface area (Å²) in [7, 11) is 0. The molecule has 2 heteroatoms. The van der Waals surface area contributed by atoms with Crippen LogP contribution in [0, 0.1) is 0 Å². The van der Waals surface area contributed by atoms with E-state index >= 15 is 0 Å². The number of hydrogen-bond acceptors (Lipinski definition) is 2. The number of piperidine rings is 1. The lowest BCUT2D eigenvalue weighted by Crippen LogP contribution is -2.29. The SMILES string of the molecule is NCCC=Cc1cccc(N2CCCCC2)c1. The molecule has 1 aliphatic heterocycles. The van der Waals surface area contributed by atoms with E-state index in [9.17, 15) is 0 Å². The minimum absolute atomic E-state index is 0.725. The zero-order chi connectivity index (χ0) is 11.9. The van der Waals surface area contributed by atoms with Gasteiger partial charge in [-0.05, 0) is 49.9 Å². The van der Waals surface area contributed by atoms with Crippen molar-refractivity contribution in [3.8, 4) is 0 Å². The quantitative estimate of drug-likeness (QED) is 0.861. The van der Waals surface area contributed by atoms with Crippen LogP contribution in [-0.2, 0) is 0 Å². The van der Waals surface area contributed by atoms with Gasteiger partial charge in [0.2, 0.25) is 0 Å². The first-order valence-corrected chi connectivity index (χ1v) is 6.62. The maximum absolute atomic E-state index is 5.48. The number of benzene rings is 1. The van der Waals surface area contributed by atoms with Crippen molar-refractivity contribution in [1.82, 2.24) is 0 Å². The van der Waals surface area contributed by atoms with E-state index in [0.717, 1.165) is 13.0 Å². The molecule has 2 nitrogen and oxygen atoms in total. The van der Waals surface area contributed by atoms with Gasteiger partial charge in [0.15, 0.2) is 0 Å². The third-order valence-corrected chi connectivity index (χ3v) is 3.24. The molecule has 0 amide bonds. The maximum atomic E-state index is 5.48. The average Bonchev–Trinajstić information content (AvgIpc) is 2.41. The molecule has 0 unspecified atom stereocenters. The molecule has 0 saturated carbocycles. The van der Waals surface area contributed by atoms with E-state index in [2.05, 4.69) is 41.3 Å². The van der Waals surface area contributed by atoms with E-state index in [1.165, 1.54) is 43.6 Å². The van der Waals surface area contributed by atoms with Gasteiger partial charge < -0.3 is 10.6 Å². The van der Waals surface area contributed by atoms with Gasteiger partial charge in [0, 0.05) is 18.8 Å². The zero-order valence-corrected chi connectivity index (χ0v) is 10.4. The highest BCUT2D eigenvalue weighted by Gasteiger charge is 2.10. The number of nitrogens with two attached hydrogens (primary N) is 1. The summed E-state index contributed by atoms with van der Waals surface area (Å²) in [5.41, 5.74) is 8.12. The topological polar surface area (TPSA) is 29.3 Å². The normalized spacial score (nSPS) is 16.6. The molecular formula is C15H22N2. The van der Waals surface area contributed by atoms with Crippen molar-refractivity contribution in [2.45, 2.75) is 25.7 Å². The van der Waals surface area contributed by atoms with Crippen LogP contribution in [0.25, 0.3) is 6.08 Å². The monoisotopic (exact) mass is 230 g/mol. The zero-order valence-electron chi connectivity index (χ0n) is 10.4. The smallest absolute Gasteiger partial charge is 0.0372 e. The predicted molar refractivity (Wildman–Crippen MR) is 75.2 cm³/mol. The first-order valence-electron chi connectivity index (χ1n) is 6.62. The molecular weight excluding hydrogens is 208 g/mol. The minimum atomic E-state index is 0.725. The average molecular weight is 230 g/mol. The summed E-state index contributed by atoms with van der Waals surface area (Å²) in [6, 6.07) is 8.79. The summed E-state index contributed by atoms with van der Waals surface area (Å²) in [4.78, 5) is 2.49. The second kappa shape index (κ2) is 6.45. The van der Waals surface area contributed by atoms with Crippen LogP contribution in [0.1, 0.15) is 31.2 Å². The Morgan fingerprint density at radius 1 is 1.18 bits per heavy atom. The molecule has 0 aliphatic carbocycles. The van der Waals surface area contributed by atoms with E-state index in [4.69, 9.17) is 5.73 Å². The van der Waals surface area contributed by atoms with Crippen LogP contribution in [0.4, 0.5) is 5.69 Å². The fourth-order valence-corrected chi connectivity index (χ4v) is 2.29. The van der Waals surface area contributed by atoms with Crippen LogP contribution in [0.2, 0.25) is 0 Å². The Kier molecular flexibility index (Phi) is 4.63. The second-order valence-electron chi connectivity index (χ2n) is 4.62. The number of rotatable bonds is 4. The highest BCUT2D eigenvalue weighted by Crippen LogP contribution is 2.21. The highest BCUT2D eigenvalue weighted by atomic mass is 15.1. The molecule has 0 radical (unpaired) electrons. The number of anilines is 1. The molecule has 1 aromatic carbocycles. The van der Waals surface area contributed by atoms with E-state index < -0.39 is 0 Å². The van der Waals surface area contributed by atoms with Crippen LogP contribution in [0.15, 0.2) is 30.3 Å². The maximum Gasteiger partial charge on any atom is 0.0372 e. The van der Waals surface area contributed by atoms with Crippen LogP contribution in [0.3, 0.4) is 0 Å². The van der Waals surface area contributed by atoms with Gasteiger partial charge in [0.25, 0.3) is 0 Å². The molecule has 1 saturated heterocycles. The lowest BCUT2D eigenvalue weighted by molar-refractivity contribution is 0.578. The molecule has 2 N–H and O–H groups in total. The lowest BCUT2D eigenvalue weighted by atomic mass is 10.1. The molecule has 1 heterocycles. The first-order chi connectivity index (χ1) is 8.40. The highest BCUT2D eigenvalue weighted by molar-refractivity contribution is 5.58. The molecule has 92 valence electrons. The molecule has 2 rings (SSSR count). The van der Waals surface area contributed by atoms with Crippen LogP contribution >= 0.6 is 0 Å². The molecule has 0 atom stereocenters. The van der Waals surface area contributed by atoms with Gasteiger partial charge >= 0.3 is 0 Å². The Morgan fingerprint density at radius 2 is 2.00 bits per heavy atom. The van der Waals surface area contributed by atoms with Crippen LogP contribution < -0.4 is 10.6 Å². The van der Waals surface area contributed by atoms with Crippen molar-refractivity contribution >= 4 is 11.8 Å². The second-order valence-corrected chi connectivity index (χ2v) is 4.62. The predicted octanol–water partition coefficient (Wildman–Crippen LogP) is 3.04. The Labute approximate surface area is 104 Å². The number of hydrogen-bond donors (Lipinski definition) is 1. The van der Waals surface area contributed by atoms with Gasteiger partial charge in [-0.2, -0.15) is 0 Å². The molecule has 1 aliphatic rings. The molecule has 0 spiro atoms. The molecule has 1 aromatic rings. The Morgan fingerprint density at radius 3 is 2.76 bits per heavy atom. The summed E-state index contributed by atoms with van der Waals surface area (Å²) < 4.78 is 0. The fraction of sp³-hybridized carbons (Fsp3) is 0.467. The Balaban J connectivity index is 2.05. The Hall–Kier alpha value is -1.28. The largest absolute Gasteiger partial charge is 0.372 e. The van der Waals surface area contributed by atoms with Gasteiger partial charge in [-0.3, -0.25) is 0 Å². The van der Waals surface area contributed by atoms with Crippen molar-refractivity contribution in [3.63, 3.8) is 0 Å². The van der Waals surface area contributed by atoms with Gasteiger partial charge in [0.1, 0.15) is 0 Å². The van der Waals surface area contributed by atoms with Crippen molar-refractivity contribution in [1.29, 1.82) is 0 Å². The fourth-order valence-electron chi connectivity index (χ4n) is 2.29. The standard InChI is InChI=1S/C15H22N2/c16-10-3-2-7-14-8-6-9-15(13-14)17-11-4-1-5-12-17/h2,6-9,13H,1,3-5,10-12,16H2. The summed E-state index contributed by atoms with van der Waals surface area (Å²) >= 11 is 0. The van der Waals surface area contributed by atoms with Crippen molar-refractivity contribution < 1.29 is 0 Å². The summed E-state index contributed by atoms with van der Waals surface area (Å²) in [5.74, 6) is 0. The van der Waals surface area contributed by atoms with Gasteiger partial charge in [-0.25, -0.2) is 0 Å². The van der Waals surface area contributed by atoms with Crippen molar-refractivity contribution in [3.05, 3.63) is 35.9 Å². The third kappa shape index (κ3) is 3.60. The van der Waals surface area contributed by atoms with Gasteiger partial charge in [-0.15, -0.1) is 0 Å². The minimum Gasteiger partial charge on any atom is -0.372 e. The van der Waals surface area contributed by atoms with E-state index in [1.807, 2.05) is 0 Å². The van der Waals surface area contributed by atoms with Gasteiger partial charge in [-0.1, -0.05) is 24.3 Å². The van der Waals surface area contributed by atoms with Crippen LogP contribution in [0.5, 0.6) is 0 Å². The van der Waals surface area contributed by atoms with E-state index in [0.29, 0.717) is 0 Å². The lowest BCUT2D eigenvalue weighted by Gasteiger charge is -2.29. The molecule has 1 fully saturated rings. The Bertz CT molecular complexity index is 365. The summed E-state index contributed by atoms with van der Waals surface area (Å²) in [5, 5.41) is 0. The molecule has 0 aromatic heterocycles. The summed E-state index contributed by atoms with van der Waals surface area (Å²) in [6.45, 7) is 3.13. The first kappa shape index (κ1) is 12.2. The van der Waals surface area contributed by atoms with E-state index in [-0.39, 0.29) is 0 Å².